The van der Waals surface area contributed by atoms with Crippen LogP contribution in [0.5, 0.6) is 0 Å². The zero-order valence-electron chi connectivity index (χ0n) is 12.8. The second-order valence-corrected chi connectivity index (χ2v) is 16.7. The van der Waals surface area contributed by atoms with Gasteiger partial charge in [0.05, 0.1) is 11.2 Å². The van der Waals surface area contributed by atoms with Gasteiger partial charge in [0.1, 0.15) is 0 Å². The van der Waals surface area contributed by atoms with Crippen LogP contribution >= 0.6 is 0 Å². The number of hydrogen-bond acceptors (Lipinski definition) is 2. The first-order chi connectivity index (χ1) is 8.04. The van der Waals surface area contributed by atoms with Crippen LogP contribution in [0, 0.1) is 0 Å². The van der Waals surface area contributed by atoms with Crippen molar-refractivity contribution in [3.8, 4) is 0 Å². The quantitative estimate of drug-likeness (QED) is 0.566. The zero-order chi connectivity index (χ0) is 13.7. The van der Waals surface area contributed by atoms with Gasteiger partial charge >= 0.3 is 0 Å². The molecule has 0 heterocycles. The molecule has 0 unspecified atom stereocenters. The first kappa shape index (κ1) is 14.5. The van der Waals surface area contributed by atoms with Crippen LogP contribution in [-0.2, 0) is 8.85 Å². The SMILES string of the molecule is C[Si](C)(C)OC12C=CC(O[Si](C)(C)C)(CC1)CC2. The van der Waals surface area contributed by atoms with Crippen LogP contribution in [0.2, 0.25) is 39.3 Å². The molecule has 2 nitrogen and oxygen atoms in total. The summed E-state index contributed by atoms with van der Waals surface area (Å²) in [4.78, 5) is 0. The van der Waals surface area contributed by atoms with E-state index in [1.165, 1.54) is 0 Å². The van der Waals surface area contributed by atoms with Crippen molar-refractivity contribution in [2.24, 2.45) is 0 Å². The topological polar surface area (TPSA) is 18.5 Å². The summed E-state index contributed by atoms with van der Waals surface area (Å²) in [7, 11) is -2.94. The predicted octanol–water partition coefficient (Wildman–Crippen LogP) is 4.31. The maximum Gasteiger partial charge on any atom is 0.184 e. The Bertz CT molecular complexity index is 308. The minimum Gasteiger partial charge on any atom is -0.409 e. The van der Waals surface area contributed by atoms with Crippen LogP contribution in [0.1, 0.15) is 25.7 Å². The molecule has 1 fully saturated rings. The highest BCUT2D eigenvalue weighted by Crippen LogP contribution is 2.48. The molecule has 0 aliphatic heterocycles. The fourth-order valence-electron chi connectivity index (χ4n) is 3.23. The lowest BCUT2D eigenvalue weighted by atomic mass is 9.70. The van der Waals surface area contributed by atoms with Gasteiger partial charge in [-0.25, -0.2) is 0 Å². The molecule has 0 N–H and O–H groups in total. The molecular formula is C14H28O2Si2. The van der Waals surface area contributed by atoms with E-state index in [4.69, 9.17) is 8.85 Å². The highest BCUT2D eigenvalue weighted by atomic mass is 28.4. The van der Waals surface area contributed by atoms with Crippen molar-refractivity contribution in [2.45, 2.75) is 76.2 Å². The van der Waals surface area contributed by atoms with Crippen LogP contribution in [0.4, 0.5) is 0 Å². The van der Waals surface area contributed by atoms with Gasteiger partial charge < -0.3 is 8.85 Å². The molecule has 104 valence electrons. The molecule has 3 rings (SSSR count). The average Bonchev–Trinajstić information content (AvgIpc) is 2.15. The normalized spacial score (nSPS) is 36.1. The number of rotatable bonds is 4. The molecule has 2 bridgehead atoms. The minimum atomic E-state index is -1.47. The van der Waals surface area contributed by atoms with Crippen LogP contribution in [-0.4, -0.2) is 27.8 Å². The van der Waals surface area contributed by atoms with E-state index >= 15 is 0 Å². The third-order valence-corrected chi connectivity index (χ3v) is 5.69. The summed E-state index contributed by atoms with van der Waals surface area (Å²) < 4.78 is 12.9. The Morgan fingerprint density at radius 2 is 0.944 bits per heavy atom. The second kappa shape index (κ2) is 4.30. The van der Waals surface area contributed by atoms with Gasteiger partial charge in [-0.3, -0.25) is 0 Å². The summed E-state index contributed by atoms with van der Waals surface area (Å²) in [5.74, 6) is 0. The van der Waals surface area contributed by atoms with E-state index in [1.807, 2.05) is 0 Å². The van der Waals surface area contributed by atoms with E-state index in [0.29, 0.717) is 0 Å². The molecule has 0 saturated heterocycles. The first-order valence-electron chi connectivity index (χ1n) is 7.14. The Hall–Kier alpha value is 0.0938. The van der Waals surface area contributed by atoms with Gasteiger partial charge in [0.25, 0.3) is 0 Å². The molecular weight excluding hydrogens is 256 g/mol. The van der Waals surface area contributed by atoms with Gasteiger partial charge in [-0.2, -0.15) is 0 Å². The predicted molar refractivity (Wildman–Crippen MR) is 81.9 cm³/mol. The Morgan fingerprint density at radius 3 is 1.11 bits per heavy atom. The standard InChI is InChI=1S/C14H28O2Si2/c1-17(2,3)15-13-7-10-14(11-8-13,12-9-13)16-18(4,5)6/h7,10H,8-9,11-12H2,1-6H3. The molecule has 0 amide bonds. The van der Waals surface area contributed by atoms with Crippen molar-refractivity contribution in [3.63, 3.8) is 0 Å². The highest BCUT2D eigenvalue weighted by molar-refractivity contribution is 6.70. The maximum absolute atomic E-state index is 6.44. The minimum absolute atomic E-state index is 0.0367. The van der Waals surface area contributed by atoms with Crippen LogP contribution in [0.3, 0.4) is 0 Å². The summed E-state index contributed by atoms with van der Waals surface area (Å²) in [5, 5.41) is 0. The summed E-state index contributed by atoms with van der Waals surface area (Å²) in [5.41, 5.74) is 0.0735. The Kier molecular flexibility index (Phi) is 3.46. The molecule has 4 heteroatoms. The van der Waals surface area contributed by atoms with Gasteiger partial charge in [-0.05, 0) is 65.0 Å². The molecule has 0 aromatic rings. The Labute approximate surface area is 114 Å². The molecule has 0 radical (unpaired) electrons. The van der Waals surface area contributed by atoms with Crippen molar-refractivity contribution >= 4 is 16.6 Å². The lowest BCUT2D eigenvalue weighted by Gasteiger charge is -2.52. The van der Waals surface area contributed by atoms with Gasteiger partial charge in [0.15, 0.2) is 16.6 Å². The Balaban J connectivity index is 2.12. The third kappa shape index (κ3) is 3.35. The smallest absolute Gasteiger partial charge is 0.184 e. The number of fused-ring (bicyclic) bond motifs is 2. The van der Waals surface area contributed by atoms with E-state index < -0.39 is 16.6 Å². The lowest BCUT2D eigenvalue weighted by molar-refractivity contribution is -0.0305. The lowest BCUT2D eigenvalue weighted by Crippen LogP contribution is -2.54. The van der Waals surface area contributed by atoms with Crippen LogP contribution < -0.4 is 0 Å². The van der Waals surface area contributed by atoms with Crippen molar-refractivity contribution in [1.29, 1.82) is 0 Å². The largest absolute Gasteiger partial charge is 0.409 e. The van der Waals surface area contributed by atoms with Gasteiger partial charge in [-0.1, -0.05) is 12.2 Å². The maximum atomic E-state index is 6.44. The second-order valence-electron chi connectivity index (χ2n) is 7.89. The zero-order valence-corrected chi connectivity index (χ0v) is 14.8. The van der Waals surface area contributed by atoms with E-state index in [1.54, 1.807) is 0 Å². The van der Waals surface area contributed by atoms with Crippen molar-refractivity contribution < 1.29 is 8.85 Å². The number of hydrogen-bond donors (Lipinski definition) is 0. The highest BCUT2D eigenvalue weighted by Gasteiger charge is 2.48. The van der Waals surface area contributed by atoms with E-state index in [2.05, 4.69) is 51.4 Å². The van der Waals surface area contributed by atoms with Crippen molar-refractivity contribution in [3.05, 3.63) is 12.2 Å². The summed E-state index contributed by atoms with van der Waals surface area (Å²) in [6.07, 6.45) is 9.18. The summed E-state index contributed by atoms with van der Waals surface area (Å²) in [6.45, 7) is 13.7. The van der Waals surface area contributed by atoms with E-state index in [-0.39, 0.29) is 11.2 Å². The third-order valence-electron chi connectivity index (χ3n) is 3.65. The molecule has 0 aromatic carbocycles. The van der Waals surface area contributed by atoms with Gasteiger partial charge in [-0.15, -0.1) is 0 Å². The fraction of sp³-hybridized carbons (Fsp3) is 0.857. The molecule has 0 spiro atoms. The molecule has 18 heavy (non-hydrogen) atoms. The molecule has 1 saturated carbocycles. The molecule has 3 aliphatic carbocycles. The van der Waals surface area contributed by atoms with Gasteiger partial charge in [0, 0.05) is 0 Å². The molecule has 3 aliphatic rings. The Morgan fingerprint density at radius 1 is 0.667 bits per heavy atom. The monoisotopic (exact) mass is 284 g/mol. The molecule has 0 atom stereocenters. The van der Waals surface area contributed by atoms with Crippen LogP contribution in [0.15, 0.2) is 12.2 Å². The molecule has 0 aromatic heterocycles. The van der Waals surface area contributed by atoms with E-state index in [0.717, 1.165) is 25.7 Å². The fourth-order valence-corrected chi connectivity index (χ4v) is 6.21. The van der Waals surface area contributed by atoms with Crippen molar-refractivity contribution in [1.82, 2.24) is 0 Å². The summed E-state index contributed by atoms with van der Waals surface area (Å²) >= 11 is 0. The van der Waals surface area contributed by atoms with E-state index in [9.17, 15) is 0 Å². The average molecular weight is 285 g/mol. The van der Waals surface area contributed by atoms with Crippen LogP contribution in [0.25, 0.3) is 0 Å². The first-order valence-corrected chi connectivity index (χ1v) is 14.0. The van der Waals surface area contributed by atoms with Gasteiger partial charge in [0.2, 0.25) is 0 Å². The summed E-state index contributed by atoms with van der Waals surface area (Å²) in [6, 6.07) is 0. The van der Waals surface area contributed by atoms with Crippen molar-refractivity contribution in [2.75, 3.05) is 0 Å².